The number of carbonyl (C=O) groups excluding carboxylic acids is 2. The summed E-state index contributed by atoms with van der Waals surface area (Å²) in [5.74, 6) is -0.139. The number of ether oxygens (including phenoxy) is 1. The van der Waals surface area contributed by atoms with E-state index >= 15 is 0 Å². The first-order valence-electron chi connectivity index (χ1n) is 11.6. The fourth-order valence-electron chi connectivity index (χ4n) is 4.70. The average molecular weight is 468 g/mol. The van der Waals surface area contributed by atoms with E-state index in [1.807, 2.05) is 41.0 Å². The van der Waals surface area contributed by atoms with E-state index in [1.165, 1.54) is 0 Å². The normalized spacial score (nSPS) is 16.6. The van der Waals surface area contributed by atoms with Gasteiger partial charge in [-0.1, -0.05) is 44.0 Å². The highest BCUT2D eigenvalue weighted by atomic mass is 35.5. The quantitative estimate of drug-likeness (QED) is 0.453. The van der Waals surface area contributed by atoms with Crippen LogP contribution < -0.4 is 5.73 Å². The first kappa shape index (κ1) is 23.3. The standard InChI is InChI=1S/C26H30ClN3O3/c1-17(2)16-22(24(31)33-26(25(28)32)14-6-3-7-15-26)30-21-9-5-4-8-20(21)29-23(30)18-10-12-19(27)13-11-18/h4-5,8-13,17,22H,3,6-7,14-16H2,1-2H3,(H2,28,32)/t22-/m0/s1. The number of carbonyl (C=O) groups is 2. The minimum atomic E-state index is -1.23. The zero-order valence-electron chi connectivity index (χ0n) is 19.1. The fraction of sp³-hybridized carbons (Fsp3) is 0.423. The van der Waals surface area contributed by atoms with Gasteiger partial charge in [-0.3, -0.25) is 4.79 Å². The van der Waals surface area contributed by atoms with Crippen molar-refractivity contribution in [1.29, 1.82) is 0 Å². The number of rotatable bonds is 7. The number of hydrogen-bond acceptors (Lipinski definition) is 4. The Kier molecular flexibility index (Phi) is 6.75. The van der Waals surface area contributed by atoms with Gasteiger partial charge in [0.15, 0.2) is 5.60 Å². The number of amides is 1. The van der Waals surface area contributed by atoms with Crippen molar-refractivity contribution in [1.82, 2.24) is 9.55 Å². The van der Waals surface area contributed by atoms with Gasteiger partial charge < -0.3 is 15.0 Å². The summed E-state index contributed by atoms with van der Waals surface area (Å²) < 4.78 is 7.95. The molecule has 1 aromatic heterocycles. The van der Waals surface area contributed by atoms with Gasteiger partial charge in [-0.05, 0) is 74.4 Å². The van der Waals surface area contributed by atoms with Crippen molar-refractivity contribution in [2.24, 2.45) is 11.7 Å². The average Bonchev–Trinajstić information content (AvgIpc) is 3.17. The van der Waals surface area contributed by atoms with Gasteiger partial charge in [-0.2, -0.15) is 0 Å². The number of halogens is 1. The molecule has 2 N–H and O–H groups in total. The molecule has 4 rings (SSSR count). The molecule has 2 aromatic carbocycles. The van der Waals surface area contributed by atoms with Crippen molar-refractivity contribution < 1.29 is 14.3 Å². The molecule has 174 valence electrons. The van der Waals surface area contributed by atoms with E-state index in [4.69, 9.17) is 27.1 Å². The SMILES string of the molecule is CC(C)C[C@@H](C(=O)OC1(C(N)=O)CCCCC1)n1c(-c2ccc(Cl)cc2)nc2ccccc21. The van der Waals surface area contributed by atoms with Crippen molar-refractivity contribution in [2.75, 3.05) is 0 Å². The van der Waals surface area contributed by atoms with E-state index in [0.717, 1.165) is 35.9 Å². The molecule has 1 atom stereocenters. The number of hydrogen-bond donors (Lipinski definition) is 1. The number of nitrogens with zero attached hydrogens (tertiary/aromatic N) is 2. The Labute approximate surface area is 199 Å². The molecule has 0 radical (unpaired) electrons. The third kappa shape index (κ3) is 4.76. The van der Waals surface area contributed by atoms with Crippen LogP contribution >= 0.6 is 11.6 Å². The zero-order valence-corrected chi connectivity index (χ0v) is 19.8. The predicted molar refractivity (Wildman–Crippen MR) is 130 cm³/mol. The molecule has 1 fully saturated rings. The second kappa shape index (κ2) is 9.56. The molecule has 1 amide bonds. The highest BCUT2D eigenvalue weighted by Gasteiger charge is 2.43. The Hall–Kier alpha value is -2.86. The largest absolute Gasteiger partial charge is 0.447 e. The maximum Gasteiger partial charge on any atom is 0.330 e. The minimum Gasteiger partial charge on any atom is -0.447 e. The Morgan fingerprint density at radius 3 is 2.39 bits per heavy atom. The third-order valence-corrected chi connectivity index (χ3v) is 6.63. The van der Waals surface area contributed by atoms with Crippen molar-refractivity contribution in [3.8, 4) is 11.4 Å². The lowest BCUT2D eigenvalue weighted by Gasteiger charge is -2.35. The molecular formula is C26H30ClN3O3. The topological polar surface area (TPSA) is 87.2 Å². The molecule has 6 nitrogen and oxygen atoms in total. The van der Waals surface area contributed by atoms with Gasteiger partial charge in [0.25, 0.3) is 5.91 Å². The molecule has 1 aliphatic rings. The third-order valence-electron chi connectivity index (χ3n) is 6.38. The minimum absolute atomic E-state index is 0.206. The number of imidazole rings is 1. The smallest absolute Gasteiger partial charge is 0.330 e. The van der Waals surface area contributed by atoms with Crippen LogP contribution in [0.2, 0.25) is 5.02 Å². The van der Waals surface area contributed by atoms with E-state index in [2.05, 4.69) is 13.8 Å². The lowest BCUT2D eigenvalue weighted by molar-refractivity contribution is -0.174. The van der Waals surface area contributed by atoms with Crippen LogP contribution in [0.15, 0.2) is 48.5 Å². The van der Waals surface area contributed by atoms with Crippen LogP contribution in [0.25, 0.3) is 22.4 Å². The number of para-hydroxylation sites is 2. The molecule has 1 aliphatic carbocycles. The van der Waals surface area contributed by atoms with Gasteiger partial charge in [-0.15, -0.1) is 0 Å². The maximum atomic E-state index is 13.7. The molecule has 7 heteroatoms. The highest BCUT2D eigenvalue weighted by molar-refractivity contribution is 6.30. The number of esters is 1. The van der Waals surface area contributed by atoms with Crippen LogP contribution in [0.3, 0.4) is 0 Å². The van der Waals surface area contributed by atoms with Crippen LogP contribution in [0.5, 0.6) is 0 Å². The lowest BCUT2D eigenvalue weighted by Crippen LogP contribution is -2.50. The molecule has 0 spiro atoms. The van der Waals surface area contributed by atoms with E-state index in [9.17, 15) is 9.59 Å². The molecule has 1 heterocycles. The molecule has 0 unspecified atom stereocenters. The number of primary amides is 1. The van der Waals surface area contributed by atoms with Crippen LogP contribution in [-0.2, 0) is 14.3 Å². The number of nitrogens with two attached hydrogens (primary N) is 1. The van der Waals surface area contributed by atoms with E-state index in [-0.39, 0.29) is 5.92 Å². The molecular weight excluding hydrogens is 438 g/mol. The Morgan fingerprint density at radius 1 is 1.09 bits per heavy atom. The highest BCUT2D eigenvalue weighted by Crippen LogP contribution is 2.36. The Balaban J connectivity index is 1.82. The zero-order chi connectivity index (χ0) is 23.6. The molecule has 3 aromatic rings. The summed E-state index contributed by atoms with van der Waals surface area (Å²) in [7, 11) is 0. The monoisotopic (exact) mass is 467 g/mol. The number of fused-ring (bicyclic) bond motifs is 1. The van der Waals surface area contributed by atoms with Gasteiger partial charge in [0, 0.05) is 10.6 Å². The first-order valence-corrected chi connectivity index (χ1v) is 11.9. The van der Waals surface area contributed by atoms with Gasteiger partial charge in [0.2, 0.25) is 0 Å². The Morgan fingerprint density at radius 2 is 1.76 bits per heavy atom. The van der Waals surface area contributed by atoms with Gasteiger partial charge in [0.1, 0.15) is 11.9 Å². The van der Waals surface area contributed by atoms with Crippen molar-refractivity contribution in [2.45, 2.75) is 64.0 Å². The second-order valence-corrected chi connectivity index (χ2v) is 9.72. The van der Waals surface area contributed by atoms with Crippen LogP contribution in [0.4, 0.5) is 0 Å². The van der Waals surface area contributed by atoms with Crippen molar-refractivity contribution >= 4 is 34.5 Å². The second-order valence-electron chi connectivity index (χ2n) is 9.29. The molecule has 0 aliphatic heterocycles. The van der Waals surface area contributed by atoms with E-state index in [0.29, 0.717) is 30.1 Å². The summed E-state index contributed by atoms with van der Waals surface area (Å²) in [6.45, 7) is 4.12. The summed E-state index contributed by atoms with van der Waals surface area (Å²) >= 11 is 6.11. The van der Waals surface area contributed by atoms with Crippen LogP contribution in [0, 0.1) is 5.92 Å². The van der Waals surface area contributed by atoms with Crippen LogP contribution in [-0.4, -0.2) is 27.0 Å². The van der Waals surface area contributed by atoms with E-state index < -0.39 is 23.5 Å². The first-order chi connectivity index (χ1) is 15.8. The summed E-state index contributed by atoms with van der Waals surface area (Å²) in [5.41, 5.74) is 6.98. The fourth-order valence-corrected chi connectivity index (χ4v) is 4.82. The lowest BCUT2D eigenvalue weighted by atomic mass is 9.84. The number of benzene rings is 2. The van der Waals surface area contributed by atoms with Gasteiger partial charge >= 0.3 is 5.97 Å². The summed E-state index contributed by atoms with van der Waals surface area (Å²) in [4.78, 5) is 31.0. The van der Waals surface area contributed by atoms with Crippen LogP contribution in [0.1, 0.15) is 58.4 Å². The van der Waals surface area contributed by atoms with Gasteiger partial charge in [0.05, 0.1) is 11.0 Å². The van der Waals surface area contributed by atoms with E-state index in [1.54, 1.807) is 12.1 Å². The molecule has 1 saturated carbocycles. The van der Waals surface area contributed by atoms with Gasteiger partial charge in [-0.25, -0.2) is 9.78 Å². The number of aromatic nitrogens is 2. The predicted octanol–water partition coefficient (Wildman–Crippen LogP) is 5.68. The van der Waals surface area contributed by atoms with Crippen molar-refractivity contribution in [3.63, 3.8) is 0 Å². The molecule has 33 heavy (non-hydrogen) atoms. The molecule has 0 saturated heterocycles. The molecule has 0 bridgehead atoms. The Bertz CT molecular complexity index is 1150. The van der Waals surface area contributed by atoms with Crippen molar-refractivity contribution in [3.05, 3.63) is 53.6 Å². The maximum absolute atomic E-state index is 13.7. The summed E-state index contributed by atoms with van der Waals surface area (Å²) in [6, 6.07) is 14.5. The summed E-state index contributed by atoms with van der Waals surface area (Å²) in [6.07, 6.45) is 4.11. The summed E-state index contributed by atoms with van der Waals surface area (Å²) in [5, 5.41) is 0.625.